The summed E-state index contributed by atoms with van der Waals surface area (Å²) in [5.74, 6) is 0.489. The quantitative estimate of drug-likeness (QED) is 0.636. The van der Waals surface area contributed by atoms with Crippen molar-refractivity contribution in [2.45, 2.75) is 62.4 Å². The number of halogens is 2. The molecule has 0 N–H and O–H groups in total. The van der Waals surface area contributed by atoms with E-state index in [2.05, 4.69) is 64.8 Å². The van der Waals surface area contributed by atoms with Crippen LogP contribution in [-0.4, -0.2) is 22.1 Å². The van der Waals surface area contributed by atoms with E-state index in [0.717, 1.165) is 17.3 Å². The van der Waals surface area contributed by atoms with Gasteiger partial charge in [-0.25, -0.2) is 0 Å². The van der Waals surface area contributed by atoms with Crippen LogP contribution in [0.15, 0.2) is 28.7 Å². The molecule has 0 aromatic heterocycles. The minimum atomic E-state index is -0.162. The van der Waals surface area contributed by atoms with Gasteiger partial charge < -0.3 is 9.47 Å². The van der Waals surface area contributed by atoms with Crippen molar-refractivity contribution >= 4 is 31.9 Å². The number of alkyl halides is 1. The molecule has 0 amide bonds. The van der Waals surface area contributed by atoms with Crippen LogP contribution in [0.2, 0.25) is 0 Å². The molecule has 2 fully saturated rings. The Hall–Kier alpha value is 0.1000. The molecule has 0 saturated carbocycles. The van der Waals surface area contributed by atoms with Gasteiger partial charge in [-0.15, -0.1) is 0 Å². The van der Waals surface area contributed by atoms with Crippen LogP contribution in [0.3, 0.4) is 0 Å². The number of fused-ring (bicyclic) bond motifs is 2. The Bertz CT molecular complexity index is 533. The van der Waals surface area contributed by atoms with Gasteiger partial charge in [0.05, 0.1) is 23.9 Å². The van der Waals surface area contributed by atoms with Gasteiger partial charge in [0.1, 0.15) is 0 Å². The molecule has 4 unspecified atom stereocenters. The molecule has 4 atom stereocenters. The van der Waals surface area contributed by atoms with Gasteiger partial charge in [-0.1, -0.05) is 57.8 Å². The third-order valence-corrected chi connectivity index (χ3v) is 6.63. The van der Waals surface area contributed by atoms with E-state index < -0.39 is 0 Å². The fourth-order valence-electron chi connectivity index (χ4n) is 3.71. The minimum absolute atomic E-state index is 0.0727. The van der Waals surface area contributed by atoms with Crippen molar-refractivity contribution in [3.05, 3.63) is 34.3 Å². The normalized spacial score (nSPS) is 38.4. The predicted molar refractivity (Wildman–Crippen MR) is 91.7 cm³/mol. The lowest BCUT2D eigenvalue weighted by molar-refractivity contribution is -0.0955. The van der Waals surface area contributed by atoms with E-state index >= 15 is 0 Å². The third-order valence-electron chi connectivity index (χ3n) is 5.04. The van der Waals surface area contributed by atoms with Crippen LogP contribution in [0.4, 0.5) is 0 Å². The van der Waals surface area contributed by atoms with E-state index in [0.29, 0.717) is 17.4 Å². The van der Waals surface area contributed by atoms with Crippen LogP contribution in [-0.2, 0) is 16.1 Å². The predicted octanol–water partition coefficient (Wildman–Crippen LogP) is 5.08. The van der Waals surface area contributed by atoms with Crippen LogP contribution in [0.5, 0.6) is 0 Å². The van der Waals surface area contributed by atoms with Crippen LogP contribution < -0.4 is 0 Å². The molecule has 1 aromatic rings. The van der Waals surface area contributed by atoms with Gasteiger partial charge in [0.25, 0.3) is 0 Å². The first-order chi connectivity index (χ1) is 9.86. The second-order valence-corrected chi connectivity index (χ2v) is 8.85. The van der Waals surface area contributed by atoms with Crippen molar-refractivity contribution in [2.24, 2.45) is 5.92 Å². The van der Waals surface area contributed by atoms with Gasteiger partial charge in [-0.3, -0.25) is 0 Å². The molecule has 0 radical (unpaired) electrons. The first-order valence-corrected chi connectivity index (χ1v) is 9.27. The van der Waals surface area contributed by atoms with Gasteiger partial charge in [-0.2, -0.15) is 0 Å². The van der Waals surface area contributed by atoms with E-state index in [9.17, 15) is 0 Å². The number of ether oxygens (including phenoxy) is 2. The summed E-state index contributed by atoms with van der Waals surface area (Å²) in [4.78, 5) is 0.431. The fourth-order valence-corrected chi connectivity index (χ4v) is 5.61. The van der Waals surface area contributed by atoms with E-state index in [1.165, 1.54) is 5.56 Å². The molecule has 21 heavy (non-hydrogen) atoms. The van der Waals surface area contributed by atoms with Crippen molar-refractivity contribution in [1.29, 1.82) is 0 Å². The number of benzene rings is 1. The lowest BCUT2D eigenvalue weighted by Gasteiger charge is -2.35. The number of hydrogen-bond acceptors (Lipinski definition) is 2. The van der Waals surface area contributed by atoms with Crippen LogP contribution in [0.1, 0.15) is 39.2 Å². The van der Waals surface area contributed by atoms with Gasteiger partial charge in [0, 0.05) is 15.7 Å². The molecule has 2 nitrogen and oxygen atoms in total. The minimum Gasteiger partial charge on any atom is -0.370 e. The Labute approximate surface area is 143 Å². The van der Waals surface area contributed by atoms with E-state index in [1.807, 2.05) is 12.1 Å². The zero-order valence-corrected chi connectivity index (χ0v) is 15.9. The lowest BCUT2D eigenvalue weighted by atomic mass is 9.75. The van der Waals surface area contributed by atoms with Gasteiger partial charge in [-0.05, 0) is 37.0 Å². The van der Waals surface area contributed by atoms with Crippen molar-refractivity contribution < 1.29 is 9.47 Å². The highest BCUT2D eigenvalue weighted by molar-refractivity contribution is 9.10. The summed E-state index contributed by atoms with van der Waals surface area (Å²) in [5.41, 5.74) is 0.964. The summed E-state index contributed by atoms with van der Waals surface area (Å²) in [6.45, 7) is 7.33. The molecular weight excluding hydrogens is 396 g/mol. The highest BCUT2D eigenvalue weighted by atomic mass is 79.9. The highest BCUT2D eigenvalue weighted by Gasteiger charge is 2.65. The molecule has 1 aromatic carbocycles. The summed E-state index contributed by atoms with van der Waals surface area (Å²) < 4.78 is 13.8. The second-order valence-electron chi connectivity index (χ2n) is 6.83. The number of rotatable bonds is 4. The summed E-state index contributed by atoms with van der Waals surface area (Å²) in [5, 5.41) is 0. The molecule has 0 aliphatic carbocycles. The lowest BCUT2D eigenvalue weighted by Crippen LogP contribution is -2.44. The first-order valence-electron chi connectivity index (χ1n) is 7.56. The Morgan fingerprint density at radius 1 is 1.38 bits per heavy atom. The Morgan fingerprint density at radius 2 is 2.14 bits per heavy atom. The molecule has 2 heterocycles. The zero-order valence-electron chi connectivity index (χ0n) is 12.7. The first kappa shape index (κ1) is 16.0. The van der Waals surface area contributed by atoms with Crippen molar-refractivity contribution in [1.82, 2.24) is 0 Å². The smallest absolute Gasteiger partial charge is 0.0936 e. The molecule has 2 aliphatic heterocycles. The maximum Gasteiger partial charge on any atom is 0.0936 e. The summed E-state index contributed by atoms with van der Waals surface area (Å²) in [7, 11) is 0. The van der Waals surface area contributed by atoms with E-state index in [4.69, 9.17) is 9.47 Å². The Kier molecular flexibility index (Phi) is 4.28. The summed E-state index contributed by atoms with van der Waals surface area (Å²) >= 11 is 7.34. The van der Waals surface area contributed by atoms with Crippen molar-refractivity contribution in [2.75, 3.05) is 0 Å². The molecular formula is C17H22Br2O2. The molecule has 3 rings (SSSR count). The van der Waals surface area contributed by atoms with Crippen LogP contribution in [0, 0.1) is 5.92 Å². The van der Waals surface area contributed by atoms with Crippen molar-refractivity contribution in [3.8, 4) is 0 Å². The number of hydrogen-bond donors (Lipinski definition) is 0. The van der Waals surface area contributed by atoms with Crippen LogP contribution in [0.25, 0.3) is 0 Å². The highest BCUT2D eigenvalue weighted by Crippen LogP contribution is 2.57. The molecule has 2 bridgehead atoms. The molecule has 2 aliphatic rings. The second kappa shape index (κ2) is 5.63. The average molecular weight is 418 g/mol. The average Bonchev–Trinajstić information content (AvgIpc) is 2.84. The van der Waals surface area contributed by atoms with Gasteiger partial charge in [0.2, 0.25) is 0 Å². The van der Waals surface area contributed by atoms with Gasteiger partial charge >= 0.3 is 0 Å². The molecule has 2 saturated heterocycles. The van der Waals surface area contributed by atoms with Gasteiger partial charge in [0.15, 0.2) is 0 Å². The summed E-state index contributed by atoms with van der Waals surface area (Å²) in [6.07, 6.45) is 2.17. The Morgan fingerprint density at radius 3 is 2.76 bits per heavy atom. The largest absolute Gasteiger partial charge is 0.370 e. The van der Waals surface area contributed by atoms with Crippen LogP contribution >= 0.6 is 31.9 Å². The Balaban J connectivity index is 1.71. The molecule has 0 spiro atoms. The SMILES string of the molecule is CC(C)C12CC(OCc3cccc(Br)c3)C(C)(CC1Br)O2. The standard InChI is InChI=1S/C17H22Br2O2/c1-11(2)17-9-15(16(3,21-17)8-14(17)19)20-10-12-5-4-6-13(18)7-12/h4-7,11,14-15H,8-10H2,1-3H3. The van der Waals surface area contributed by atoms with E-state index in [1.54, 1.807) is 0 Å². The molecule has 116 valence electrons. The topological polar surface area (TPSA) is 18.5 Å². The molecule has 4 heteroatoms. The maximum absolute atomic E-state index is 6.46. The van der Waals surface area contributed by atoms with Crippen molar-refractivity contribution in [3.63, 3.8) is 0 Å². The monoisotopic (exact) mass is 416 g/mol. The fraction of sp³-hybridized carbons (Fsp3) is 0.647. The zero-order chi connectivity index (χ0) is 15.3. The van der Waals surface area contributed by atoms with E-state index in [-0.39, 0.29) is 17.3 Å². The third kappa shape index (κ3) is 2.73. The maximum atomic E-state index is 6.46. The summed E-state index contributed by atoms with van der Waals surface area (Å²) in [6, 6.07) is 8.30.